The normalized spacial score (nSPS) is 16.2. The third kappa shape index (κ3) is 9.79. The number of amides is 4. The van der Waals surface area contributed by atoms with Crippen molar-refractivity contribution in [1.82, 2.24) is 40.1 Å². The quantitative estimate of drug-likeness (QED) is 0.0742. The number of hydrogen-bond donors (Lipinski definition) is 6. The first-order valence-corrected chi connectivity index (χ1v) is 22.5. The molecule has 1 aliphatic carbocycles. The smallest absolute Gasteiger partial charge is 0.408 e. The van der Waals surface area contributed by atoms with Gasteiger partial charge in [0.15, 0.2) is 11.4 Å². The molecular weight excluding hydrogens is 905 g/mol. The maximum atomic E-state index is 14.8. The number of fused-ring (bicyclic) bond motifs is 3. The van der Waals surface area contributed by atoms with Gasteiger partial charge in [-0.1, -0.05) is 66.7 Å². The minimum absolute atomic E-state index is 0.0490. The maximum Gasteiger partial charge on any atom is 0.408 e. The first-order valence-electron chi connectivity index (χ1n) is 22.5. The van der Waals surface area contributed by atoms with Gasteiger partial charge in [-0.15, -0.1) is 0 Å². The van der Waals surface area contributed by atoms with Gasteiger partial charge in [0, 0.05) is 41.0 Å². The number of H-pyrrole nitrogens is 1. The van der Waals surface area contributed by atoms with E-state index in [-0.39, 0.29) is 42.4 Å². The van der Waals surface area contributed by atoms with E-state index in [0.29, 0.717) is 35.4 Å². The summed E-state index contributed by atoms with van der Waals surface area (Å²) in [5.41, 5.74) is 10.7. The zero-order valence-corrected chi connectivity index (χ0v) is 37.7. The summed E-state index contributed by atoms with van der Waals surface area (Å²) in [4.78, 5) is 86.7. The third-order valence-electron chi connectivity index (χ3n) is 12.6. The van der Waals surface area contributed by atoms with Crippen LogP contribution in [0.4, 0.5) is 25.1 Å². The largest absolute Gasteiger partial charge is 0.445 e. The number of rotatable bonds is 15. The molecule has 1 aliphatic heterocycles. The summed E-state index contributed by atoms with van der Waals surface area (Å²) in [7, 11) is 0. The molecule has 7 aromatic rings. The molecular formula is C50H47F2N11O7. The van der Waals surface area contributed by atoms with Gasteiger partial charge in [0.25, 0.3) is 11.8 Å². The fourth-order valence-electron chi connectivity index (χ4n) is 8.69. The Morgan fingerprint density at radius 1 is 0.943 bits per heavy atom. The van der Waals surface area contributed by atoms with Crippen LogP contribution < -0.4 is 32.7 Å². The van der Waals surface area contributed by atoms with Gasteiger partial charge in [-0.25, -0.2) is 37.8 Å². The molecule has 4 amide bonds. The summed E-state index contributed by atoms with van der Waals surface area (Å²) in [6.07, 6.45) is 3.63. The molecule has 2 aliphatic rings. The Labute approximate surface area is 398 Å². The maximum absolute atomic E-state index is 14.8. The van der Waals surface area contributed by atoms with Gasteiger partial charge in [0.2, 0.25) is 11.8 Å². The Morgan fingerprint density at radius 2 is 1.70 bits per heavy atom. The number of aromatic nitrogens is 5. The molecule has 2 fully saturated rings. The number of hydrogen-bond acceptors (Lipinski definition) is 12. The first-order chi connectivity index (χ1) is 33.7. The molecule has 5 heterocycles. The van der Waals surface area contributed by atoms with Crippen molar-refractivity contribution in [2.75, 3.05) is 30.3 Å². The Morgan fingerprint density at radius 3 is 2.39 bits per heavy atom. The van der Waals surface area contributed by atoms with Gasteiger partial charge < -0.3 is 36.6 Å². The molecule has 20 heteroatoms. The highest BCUT2D eigenvalue weighted by atomic mass is 19.3. The van der Waals surface area contributed by atoms with Crippen LogP contribution in [-0.4, -0.2) is 96.7 Å². The van der Waals surface area contributed by atoms with E-state index < -0.39 is 60.3 Å². The van der Waals surface area contributed by atoms with E-state index in [9.17, 15) is 37.5 Å². The predicted octanol–water partition coefficient (Wildman–Crippen LogP) is 5.54. The lowest BCUT2D eigenvalue weighted by Gasteiger charge is -2.42. The molecule has 4 aromatic heterocycles. The number of halogens is 2. The third-order valence-corrected chi connectivity index (χ3v) is 12.6. The topological polar surface area (TPSA) is 248 Å². The van der Waals surface area contributed by atoms with Gasteiger partial charge in [-0.3, -0.25) is 19.2 Å². The second-order valence-corrected chi connectivity index (χ2v) is 17.4. The molecule has 7 N–H and O–H groups in total. The minimum atomic E-state index is -3.36. The van der Waals surface area contributed by atoms with Crippen molar-refractivity contribution in [3.8, 4) is 22.4 Å². The van der Waals surface area contributed by atoms with E-state index in [0.717, 1.165) is 44.7 Å². The molecule has 18 nitrogen and oxygen atoms in total. The zero-order chi connectivity index (χ0) is 49.2. The SMILES string of the molecule is C[C@@H](NC(=O)c1ccc(NCC(=O)CN)nc1)C(=O)N1CC(F)(F)C[C@H]1C(=O)Nc1ccc(COC(=O)NC2(c3ccc(-c4nc5ccn6c(=O)[nH]nc6c5cc4-c4ccccc4)cc3)CCC2)cc1. The van der Waals surface area contributed by atoms with E-state index in [1.165, 1.54) is 41.8 Å². The van der Waals surface area contributed by atoms with Crippen LogP contribution in [0.25, 0.3) is 38.9 Å². The summed E-state index contributed by atoms with van der Waals surface area (Å²) in [5.74, 6) is -5.70. The molecule has 70 heavy (non-hydrogen) atoms. The van der Waals surface area contributed by atoms with E-state index in [1.54, 1.807) is 24.4 Å². The highest BCUT2D eigenvalue weighted by molar-refractivity contribution is 6.01. The second-order valence-electron chi connectivity index (χ2n) is 17.4. The van der Waals surface area contributed by atoms with E-state index in [2.05, 4.69) is 36.4 Å². The van der Waals surface area contributed by atoms with Crippen LogP contribution in [-0.2, 0) is 31.3 Å². The van der Waals surface area contributed by atoms with E-state index in [4.69, 9.17) is 15.5 Å². The van der Waals surface area contributed by atoms with Crippen LogP contribution >= 0.6 is 0 Å². The number of pyridine rings is 3. The molecule has 358 valence electrons. The Kier molecular flexibility index (Phi) is 12.9. The van der Waals surface area contributed by atoms with Crippen LogP contribution in [0.1, 0.15) is 54.1 Å². The lowest BCUT2D eigenvalue weighted by Crippen LogP contribution is -2.51. The second kappa shape index (κ2) is 19.3. The lowest BCUT2D eigenvalue weighted by molar-refractivity contribution is -0.138. The number of nitrogens with one attached hydrogen (secondary N) is 5. The number of anilines is 2. The first kappa shape index (κ1) is 46.7. The number of alkyl carbamates (subject to hydrolysis) is 1. The molecule has 3 aromatic carbocycles. The van der Waals surface area contributed by atoms with Gasteiger partial charge >= 0.3 is 11.8 Å². The number of nitrogens with zero attached hydrogens (tertiary/aromatic N) is 5. The fraction of sp³-hybridized carbons (Fsp3) is 0.260. The fourth-order valence-corrected chi connectivity index (χ4v) is 8.69. The monoisotopic (exact) mass is 951 g/mol. The number of likely N-dealkylation sites (tertiary alicyclic amines) is 1. The Hall–Kier alpha value is -8.39. The molecule has 0 radical (unpaired) electrons. The van der Waals surface area contributed by atoms with Crippen molar-refractivity contribution in [2.45, 2.75) is 62.8 Å². The lowest BCUT2D eigenvalue weighted by atomic mass is 9.71. The average molecular weight is 952 g/mol. The molecule has 0 unspecified atom stereocenters. The number of alkyl halides is 2. The number of nitrogens with two attached hydrogens (primary N) is 1. The molecule has 0 spiro atoms. The summed E-state index contributed by atoms with van der Waals surface area (Å²) >= 11 is 0. The van der Waals surface area contributed by atoms with Gasteiger partial charge in [0.1, 0.15) is 24.5 Å². The van der Waals surface area contributed by atoms with Crippen LogP contribution in [0.15, 0.2) is 120 Å². The van der Waals surface area contributed by atoms with Crippen molar-refractivity contribution in [3.63, 3.8) is 0 Å². The van der Waals surface area contributed by atoms with Crippen molar-refractivity contribution >= 4 is 57.7 Å². The van der Waals surface area contributed by atoms with E-state index in [1.807, 2.05) is 60.7 Å². The summed E-state index contributed by atoms with van der Waals surface area (Å²) in [5, 5.41) is 18.4. The van der Waals surface area contributed by atoms with Crippen LogP contribution in [0.3, 0.4) is 0 Å². The van der Waals surface area contributed by atoms with Crippen molar-refractivity contribution in [3.05, 3.63) is 143 Å². The van der Waals surface area contributed by atoms with Crippen molar-refractivity contribution in [1.29, 1.82) is 0 Å². The number of ether oxygens (including phenoxy) is 1. The van der Waals surface area contributed by atoms with Crippen molar-refractivity contribution in [2.24, 2.45) is 5.73 Å². The summed E-state index contributed by atoms with van der Waals surface area (Å²) < 4.78 is 36.6. The van der Waals surface area contributed by atoms with Gasteiger partial charge in [-0.2, -0.15) is 5.10 Å². The zero-order valence-electron chi connectivity index (χ0n) is 37.7. The highest BCUT2D eigenvalue weighted by Crippen LogP contribution is 2.43. The minimum Gasteiger partial charge on any atom is -0.445 e. The molecule has 1 saturated heterocycles. The highest BCUT2D eigenvalue weighted by Gasteiger charge is 2.51. The Balaban J connectivity index is 0.801. The molecule has 9 rings (SSSR count). The number of Topliss-reactive ketones (excluding diaryl/α,β-unsaturated/α-hetero) is 1. The van der Waals surface area contributed by atoms with Gasteiger partial charge in [0.05, 0.1) is 41.9 Å². The number of carbonyl (C=O) groups excluding carboxylic acids is 5. The van der Waals surface area contributed by atoms with Crippen LogP contribution in [0, 0.1) is 0 Å². The summed E-state index contributed by atoms with van der Waals surface area (Å²) in [6.45, 7) is 0.0224. The number of carbonyl (C=O) groups is 5. The van der Waals surface area contributed by atoms with Gasteiger partial charge in [-0.05, 0) is 79.3 Å². The number of ketones is 1. The Bertz CT molecular complexity index is 3180. The van der Waals surface area contributed by atoms with Crippen molar-refractivity contribution < 1.29 is 37.5 Å². The molecule has 0 bridgehead atoms. The van der Waals surface area contributed by atoms with E-state index >= 15 is 0 Å². The van der Waals surface area contributed by atoms with Crippen LogP contribution in [0.2, 0.25) is 0 Å². The number of aromatic amines is 1. The predicted molar refractivity (Wildman–Crippen MR) is 255 cm³/mol. The average Bonchev–Trinajstić information content (AvgIpc) is 3.91. The molecule has 1 saturated carbocycles. The number of benzene rings is 3. The standard InChI is InChI=1S/C50H47F2N11O7/c1-29(56-44(65)33-12-17-41(54-25-33)55-26-36(64)24-53)46(67)63-28-50(51,52)23-40(63)45(66)57-35-15-8-30(9-16-35)27-70-48(69)59-49(19-5-20-49)34-13-10-32(11-14-34)42-37(31-6-3-2-4-7-31)22-38-39(58-42)18-21-62-43(38)60-61-47(62)68/h2-4,6-18,21-22,25,29,40H,5,19-20,23-24,26-28,53H2,1H3,(H,54,55)(H,56,65)(H,57,66)(H,59,69)(H,61,68)/t29-,40+/m1/s1. The summed E-state index contributed by atoms with van der Waals surface area (Å²) in [6, 6.07) is 27.9. The molecule has 2 atom stereocenters. The van der Waals surface area contributed by atoms with Crippen LogP contribution in [0.5, 0.6) is 0 Å².